The molecule has 0 radical (unpaired) electrons. The van der Waals surface area contributed by atoms with Crippen molar-refractivity contribution in [2.45, 2.75) is 31.6 Å². The lowest BCUT2D eigenvalue weighted by atomic mass is 9.76. The van der Waals surface area contributed by atoms with Gasteiger partial charge in [0, 0.05) is 52.3 Å². The second-order valence-corrected chi connectivity index (χ2v) is 11.2. The van der Waals surface area contributed by atoms with Crippen LogP contribution in [-0.2, 0) is 17.6 Å². The molecule has 1 aliphatic carbocycles. The highest BCUT2D eigenvalue weighted by Gasteiger charge is 2.36. The zero-order valence-electron chi connectivity index (χ0n) is 18.1. The average Bonchev–Trinajstić information content (AvgIpc) is 3.11. The van der Waals surface area contributed by atoms with Crippen LogP contribution in [0, 0.1) is 5.92 Å². The van der Waals surface area contributed by atoms with Gasteiger partial charge in [-0.2, -0.15) is 0 Å². The van der Waals surface area contributed by atoms with Gasteiger partial charge in [-0.15, -0.1) is 0 Å². The van der Waals surface area contributed by atoms with Crippen LogP contribution in [0.2, 0.25) is 5.02 Å². The van der Waals surface area contributed by atoms with Crippen LogP contribution < -0.4 is 5.32 Å². The number of hydrogen-bond donors (Lipinski definition) is 1. The minimum absolute atomic E-state index is 0.0298. The number of halogens is 3. The molecule has 1 atom stereocenters. The zero-order chi connectivity index (χ0) is 23.1. The van der Waals surface area contributed by atoms with E-state index in [1.807, 2.05) is 17.2 Å². The molecular formula is C24H25Br2ClN4O2. The molecule has 3 amide bonds. The molecule has 3 aliphatic rings. The zero-order valence-corrected chi connectivity index (χ0v) is 22.0. The van der Waals surface area contributed by atoms with Gasteiger partial charge in [0.15, 0.2) is 0 Å². The molecule has 2 fully saturated rings. The van der Waals surface area contributed by atoms with Crippen molar-refractivity contribution in [1.29, 1.82) is 0 Å². The predicted octanol–water partition coefficient (Wildman–Crippen LogP) is 4.75. The number of aromatic nitrogens is 1. The van der Waals surface area contributed by atoms with Crippen molar-refractivity contribution in [3.8, 4) is 0 Å². The largest absolute Gasteiger partial charge is 0.341 e. The summed E-state index contributed by atoms with van der Waals surface area (Å²) in [6.45, 7) is 2.75. The van der Waals surface area contributed by atoms with Crippen molar-refractivity contribution in [2.24, 2.45) is 5.92 Å². The lowest BCUT2D eigenvalue weighted by molar-refractivity contribution is -0.133. The van der Waals surface area contributed by atoms with E-state index in [1.54, 1.807) is 4.90 Å². The van der Waals surface area contributed by atoms with Crippen LogP contribution in [0.1, 0.15) is 41.1 Å². The van der Waals surface area contributed by atoms with Crippen molar-refractivity contribution in [1.82, 2.24) is 20.1 Å². The summed E-state index contributed by atoms with van der Waals surface area (Å²) >= 11 is 13.8. The van der Waals surface area contributed by atoms with Gasteiger partial charge in [-0.3, -0.25) is 9.78 Å². The molecule has 0 spiro atoms. The topological polar surface area (TPSA) is 65.5 Å². The highest BCUT2D eigenvalue weighted by atomic mass is 79.9. The van der Waals surface area contributed by atoms with E-state index < -0.39 is 0 Å². The van der Waals surface area contributed by atoms with Gasteiger partial charge in [0.05, 0.1) is 5.69 Å². The van der Waals surface area contributed by atoms with Crippen molar-refractivity contribution < 1.29 is 9.59 Å². The molecular weight excluding hydrogens is 572 g/mol. The van der Waals surface area contributed by atoms with Crippen LogP contribution in [0.5, 0.6) is 0 Å². The first-order chi connectivity index (χ1) is 15.9. The molecule has 0 saturated carbocycles. The van der Waals surface area contributed by atoms with E-state index in [9.17, 15) is 9.59 Å². The first-order valence-corrected chi connectivity index (χ1v) is 13.3. The molecule has 3 heterocycles. The van der Waals surface area contributed by atoms with Crippen molar-refractivity contribution >= 4 is 55.4 Å². The second kappa shape index (κ2) is 9.55. The van der Waals surface area contributed by atoms with Crippen LogP contribution in [0.4, 0.5) is 4.79 Å². The lowest BCUT2D eigenvalue weighted by Crippen LogP contribution is -2.45. The monoisotopic (exact) mass is 594 g/mol. The quantitative estimate of drug-likeness (QED) is 0.556. The maximum absolute atomic E-state index is 12.8. The predicted molar refractivity (Wildman–Crippen MR) is 135 cm³/mol. The number of carbonyl (C=O) groups excluding carboxylic acids is 2. The highest BCUT2D eigenvalue weighted by Crippen LogP contribution is 2.46. The highest BCUT2D eigenvalue weighted by molar-refractivity contribution is 9.10. The molecule has 2 aliphatic heterocycles. The fraction of sp³-hybridized carbons (Fsp3) is 0.458. The summed E-state index contributed by atoms with van der Waals surface area (Å²) in [5, 5.41) is 3.50. The van der Waals surface area contributed by atoms with Crippen LogP contribution in [0.25, 0.3) is 0 Å². The molecule has 6 nitrogen and oxygen atoms in total. The number of fused-ring (bicyclic) bond motifs is 2. The number of rotatable bonds is 3. The average molecular weight is 597 g/mol. The third kappa shape index (κ3) is 4.66. The summed E-state index contributed by atoms with van der Waals surface area (Å²) in [4.78, 5) is 33.0. The number of nitrogens with zero attached hydrogens (tertiary/aromatic N) is 3. The summed E-state index contributed by atoms with van der Waals surface area (Å²) in [5.74, 6) is 0.548. The maximum Gasteiger partial charge on any atom is 0.317 e. The molecule has 2 aromatic rings. The van der Waals surface area contributed by atoms with Gasteiger partial charge >= 0.3 is 6.03 Å². The van der Waals surface area contributed by atoms with E-state index in [1.165, 1.54) is 16.7 Å². The Morgan fingerprint density at radius 1 is 1.12 bits per heavy atom. The van der Waals surface area contributed by atoms with E-state index in [0.29, 0.717) is 32.1 Å². The Morgan fingerprint density at radius 2 is 1.88 bits per heavy atom. The van der Waals surface area contributed by atoms with Crippen LogP contribution in [-0.4, -0.2) is 59.4 Å². The molecule has 5 rings (SSSR count). The van der Waals surface area contributed by atoms with Crippen molar-refractivity contribution in [2.75, 3.05) is 32.7 Å². The Morgan fingerprint density at radius 3 is 2.61 bits per heavy atom. The van der Waals surface area contributed by atoms with Crippen molar-refractivity contribution in [3.05, 3.63) is 60.7 Å². The third-order valence-electron chi connectivity index (χ3n) is 7.05. The molecule has 9 heteroatoms. The van der Waals surface area contributed by atoms with Crippen molar-refractivity contribution in [3.63, 3.8) is 0 Å². The maximum atomic E-state index is 12.8. The van der Waals surface area contributed by atoms with Crippen LogP contribution in [0.3, 0.4) is 0 Å². The molecule has 0 bridgehead atoms. The second-order valence-electron chi connectivity index (χ2n) is 9.01. The number of pyridine rings is 1. The number of hydrogen-bond acceptors (Lipinski definition) is 3. The molecule has 0 unspecified atom stereocenters. The Labute approximate surface area is 215 Å². The number of amides is 3. The SMILES string of the molecule is O=C(CN1CCNC1=O)N1CCC([C@H]2c3ncc(Br)cc3CCc3cc(Cl)cc(Br)c32)CC1. The number of piperidine rings is 1. The minimum atomic E-state index is -0.148. The fourth-order valence-electron chi connectivity index (χ4n) is 5.44. The van der Waals surface area contributed by atoms with E-state index in [0.717, 1.165) is 45.3 Å². The Balaban J connectivity index is 1.40. The van der Waals surface area contributed by atoms with Gasteiger partial charge < -0.3 is 15.1 Å². The number of benzene rings is 1. The fourth-order valence-corrected chi connectivity index (χ4v) is 6.94. The van der Waals surface area contributed by atoms with Gasteiger partial charge in [-0.05, 0) is 82.4 Å². The first kappa shape index (κ1) is 23.1. The number of urea groups is 1. The lowest BCUT2D eigenvalue weighted by Gasteiger charge is -2.37. The summed E-state index contributed by atoms with van der Waals surface area (Å²) in [5.41, 5.74) is 4.96. The third-order valence-corrected chi connectivity index (χ3v) is 8.36. The smallest absolute Gasteiger partial charge is 0.317 e. The molecule has 1 aromatic carbocycles. The Kier molecular flexibility index (Phi) is 6.69. The van der Waals surface area contributed by atoms with E-state index >= 15 is 0 Å². The van der Waals surface area contributed by atoms with Crippen LogP contribution >= 0.6 is 43.5 Å². The molecule has 174 valence electrons. The van der Waals surface area contributed by atoms with Crippen LogP contribution in [0.15, 0.2) is 33.3 Å². The van der Waals surface area contributed by atoms with Gasteiger partial charge in [0.25, 0.3) is 0 Å². The molecule has 2 saturated heterocycles. The standard InChI is InChI=1S/C24H25Br2ClN4O2/c25-17-9-16-2-1-15-10-18(27)11-19(26)21(15)22(23(16)29-12-17)14-3-6-30(7-4-14)20(32)13-31-8-5-28-24(31)33/h9-12,14,22H,1-8,13H2,(H,28,33)/t22-/m1/s1. The van der Waals surface area contributed by atoms with E-state index in [2.05, 4.69) is 49.3 Å². The van der Waals surface area contributed by atoms with E-state index in [4.69, 9.17) is 16.6 Å². The number of carbonyl (C=O) groups is 2. The minimum Gasteiger partial charge on any atom is -0.341 e. The van der Waals surface area contributed by atoms with Gasteiger partial charge in [0.1, 0.15) is 6.54 Å². The summed E-state index contributed by atoms with van der Waals surface area (Å²) in [6, 6.07) is 6.12. The van der Waals surface area contributed by atoms with Gasteiger partial charge in [-0.1, -0.05) is 27.5 Å². The normalized spacial score (nSPS) is 20.8. The Hall–Kier alpha value is -1.64. The molecule has 1 N–H and O–H groups in total. The van der Waals surface area contributed by atoms with Gasteiger partial charge in [0.2, 0.25) is 5.91 Å². The summed E-state index contributed by atoms with van der Waals surface area (Å²) in [6.07, 6.45) is 5.53. The number of likely N-dealkylation sites (tertiary alicyclic amines) is 1. The molecule has 33 heavy (non-hydrogen) atoms. The number of aryl methyl sites for hydroxylation is 2. The summed E-state index contributed by atoms with van der Waals surface area (Å²) < 4.78 is 2.03. The Bertz CT molecular complexity index is 1100. The molecule has 1 aromatic heterocycles. The summed E-state index contributed by atoms with van der Waals surface area (Å²) in [7, 11) is 0. The number of nitrogens with one attached hydrogen (secondary N) is 1. The van der Waals surface area contributed by atoms with E-state index in [-0.39, 0.29) is 24.4 Å². The van der Waals surface area contributed by atoms with Gasteiger partial charge in [-0.25, -0.2) is 4.79 Å². The first-order valence-electron chi connectivity index (χ1n) is 11.3.